The van der Waals surface area contributed by atoms with Gasteiger partial charge >= 0.3 is 11.9 Å². The molecular weight excluding hydrogens is 328 g/mol. The van der Waals surface area contributed by atoms with Crippen molar-refractivity contribution in [1.29, 1.82) is 0 Å². The Labute approximate surface area is 145 Å². The first-order valence-corrected chi connectivity index (χ1v) is 8.30. The summed E-state index contributed by atoms with van der Waals surface area (Å²) in [5, 5.41) is 13.4. The molecule has 0 bridgehead atoms. The van der Waals surface area contributed by atoms with E-state index in [9.17, 15) is 19.7 Å². The first kappa shape index (κ1) is 18.7. The molecule has 8 heteroatoms. The molecule has 1 aromatic rings. The second kappa shape index (κ2) is 8.46. The first-order chi connectivity index (χ1) is 11.9. The molecule has 0 saturated heterocycles. The molecular formula is C17H22N2O6. The number of hydrogen-bond acceptors (Lipinski definition) is 6. The van der Waals surface area contributed by atoms with Crippen LogP contribution >= 0.6 is 0 Å². The number of nitrogens with zero attached hydrogens (tertiary/aromatic N) is 1. The van der Waals surface area contributed by atoms with Gasteiger partial charge < -0.3 is 14.5 Å². The van der Waals surface area contributed by atoms with Crippen molar-refractivity contribution in [3.05, 3.63) is 34.1 Å². The molecule has 0 unspecified atom stereocenters. The molecule has 0 aliphatic heterocycles. The third-order valence-corrected chi connectivity index (χ3v) is 4.28. The van der Waals surface area contributed by atoms with Crippen molar-refractivity contribution in [2.45, 2.75) is 51.7 Å². The van der Waals surface area contributed by atoms with Crippen molar-refractivity contribution in [3.8, 4) is 0 Å². The molecule has 8 nitrogen and oxygen atoms in total. The summed E-state index contributed by atoms with van der Waals surface area (Å²) in [4.78, 5) is 33.7. The lowest BCUT2D eigenvalue weighted by molar-refractivity contribution is -0.402. The Morgan fingerprint density at radius 1 is 1.40 bits per heavy atom. The minimum atomic E-state index is -0.919. The lowest BCUT2D eigenvalue weighted by Gasteiger charge is -2.30. The molecule has 1 aliphatic rings. The van der Waals surface area contributed by atoms with E-state index in [0.29, 0.717) is 5.92 Å². The number of furan rings is 1. The zero-order valence-corrected chi connectivity index (χ0v) is 14.3. The summed E-state index contributed by atoms with van der Waals surface area (Å²) in [7, 11) is 0. The summed E-state index contributed by atoms with van der Waals surface area (Å²) >= 11 is 0. The molecule has 3 atom stereocenters. The predicted octanol–water partition coefficient (Wildman–Crippen LogP) is 2.83. The standard InChI is InChI=1S/C17H22N2O6/c1-11-5-3-4-6-14(11)18-17(21)12(2)24-16(20)10-8-13-7-9-15(25-13)19(22)23/h7-12,14H,3-6H2,1-2H3,(H,18,21)/b10-8+/t11-,12+,14+/m0/s1. The van der Waals surface area contributed by atoms with E-state index in [1.807, 2.05) is 0 Å². The van der Waals surface area contributed by atoms with E-state index < -0.39 is 22.9 Å². The first-order valence-electron chi connectivity index (χ1n) is 8.30. The van der Waals surface area contributed by atoms with Gasteiger partial charge in [-0.05, 0) is 37.8 Å². The van der Waals surface area contributed by atoms with Crippen molar-refractivity contribution in [1.82, 2.24) is 5.32 Å². The molecule has 0 aromatic carbocycles. The molecule has 0 spiro atoms. The Balaban J connectivity index is 1.82. The molecule has 2 rings (SSSR count). The molecule has 0 radical (unpaired) electrons. The van der Waals surface area contributed by atoms with E-state index in [4.69, 9.17) is 9.15 Å². The average molecular weight is 350 g/mol. The van der Waals surface area contributed by atoms with Crippen LogP contribution in [0.2, 0.25) is 0 Å². The largest absolute Gasteiger partial charge is 0.449 e. The van der Waals surface area contributed by atoms with Gasteiger partial charge in [0.1, 0.15) is 10.7 Å². The van der Waals surface area contributed by atoms with Crippen LogP contribution in [0.1, 0.15) is 45.3 Å². The predicted molar refractivity (Wildman–Crippen MR) is 89.5 cm³/mol. The highest BCUT2D eigenvalue weighted by Gasteiger charge is 2.26. The van der Waals surface area contributed by atoms with Crippen LogP contribution in [-0.4, -0.2) is 28.9 Å². The van der Waals surface area contributed by atoms with Crippen molar-refractivity contribution >= 4 is 23.8 Å². The van der Waals surface area contributed by atoms with E-state index in [0.717, 1.165) is 25.3 Å². The number of esters is 1. The van der Waals surface area contributed by atoms with Crippen LogP contribution in [0.25, 0.3) is 6.08 Å². The van der Waals surface area contributed by atoms with Crippen molar-refractivity contribution in [2.24, 2.45) is 5.92 Å². The zero-order chi connectivity index (χ0) is 18.4. The fraction of sp³-hybridized carbons (Fsp3) is 0.529. The number of rotatable bonds is 6. The van der Waals surface area contributed by atoms with Crippen molar-refractivity contribution in [3.63, 3.8) is 0 Å². The molecule has 25 heavy (non-hydrogen) atoms. The third-order valence-electron chi connectivity index (χ3n) is 4.28. The second-order valence-electron chi connectivity index (χ2n) is 6.22. The number of hydrogen-bond donors (Lipinski definition) is 1. The highest BCUT2D eigenvalue weighted by molar-refractivity contribution is 5.90. The SMILES string of the molecule is C[C@@H](OC(=O)/C=C/c1ccc([N+](=O)[O-])o1)C(=O)N[C@@H]1CCCC[C@@H]1C. The number of carbonyl (C=O) groups is 2. The number of nitro groups is 1. The third kappa shape index (κ3) is 5.44. The molecule has 1 heterocycles. The molecule has 1 N–H and O–H groups in total. The maximum Gasteiger partial charge on any atom is 0.433 e. The van der Waals surface area contributed by atoms with Gasteiger partial charge in [0.05, 0.1) is 6.07 Å². The molecule has 1 aliphatic carbocycles. The summed E-state index contributed by atoms with van der Waals surface area (Å²) in [6, 6.07) is 2.66. The summed E-state index contributed by atoms with van der Waals surface area (Å²) < 4.78 is 9.94. The number of ether oxygens (including phenoxy) is 1. The normalized spacial score (nSPS) is 21.7. The molecule has 1 fully saturated rings. The van der Waals surface area contributed by atoms with Crippen LogP contribution < -0.4 is 5.32 Å². The Kier molecular flexibility index (Phi) is 6.32. The number of amides is 1. The van der Waals surface area contributed by atoms with Gasteiger partial charge in [-0.1, -0.05) is 19.8 Å². The van der Waals surface area contributed by atoms with Gasteiger partial charge in [-0.3, -0.25) is 14.9 Å². The van der Waals surface area contributed by atoms with E-state index in [2.05, 4.69) is 12.2 Å². The van der Waals surface area contributed by atoms with Gasteiger partial charge in [-0.15, -0.1) is 0 Å². The van der Waals surface area contributed by atoms with Crippen LogP contribution in [0.3, 0.4) is 0 Å². The summed E-state index contributed by atoms with van der Waals surface area (Å²) in [5.74, 6) is -0.901. The van der Waals surface area contributed by atoms with Crippen LogP contribution in [0.5, 0.6) is 0 Å². The van der Waals surface area contributed by atoms with E-state index in [1.54, 1.807) is 0 Å². The van der Waals surface area contributed by atoms with E-state index in [-0.39, 0.29) is 17.7 Å². The van der Waals surface area contributed by atoms with Gasteiger partial charge in [0.2, 0.25) is 0 Å². The van der Waals surface area contributed by atoms with Gasteiger partial charge in [0.15, 0.2) is 6.10 Å². The van der Waals surface area contributed by atoms with Crippen LogP contribution in [0.15, 0.2) is 22.6 Å². The van der Waals surface area contributed by atoms with E-state index in [1.165, 1.54) is 31.6 Å². The zero-order valence-electron chi connectivity index (χ0n) is 14.3. The Bertz CT molecular complexity index is 666. The lowest BCUT2D eigenvalue weighted by Crippen LogP contribution is -2.45. The Hall–Kier alpha value is -2.64. The molecule has 1 aromatic heterocycles. The molecule has 1 saturated carbocycles. The molecule has 1 amide bonds. The van der Waals surface area contributed by atoms with Crippen molar-refractivity contribution < 1.29 is 23.7 Å². The minimum Gasteiger partial charge on any atom is -0.449 e. The maximum absolute atomic E-state index is 12.1. The lowest BCUT2D eigenvalue weighted by atomic mass is 9.86. The maximum atomic E-state index is 12.1. The topological polar surface area (TPSA) is 112 Å². The van der Waals surface area contributed by atoms with E-state index >= 15 is 0 Å². The fourth-order valence-corrected chi connectivity index (χ4v) is 2.78. The Morgan fingerprint density at radius 2 is 2.12 bits per heavy atom. The van der Waals surface area contributed by atoms with Gasteiger partial charge in [0.25, 0.3) is 5.91 Å². The monoisotopic (exact) mass is 350 g/mol. The quantitative estimate of drug-likeness (QED) is 0.365. The summed E-state index contributed by atoms with van der Waals surface area (Å²) in [6.45, 7) is 3.61. The number of nitrogens with one attached hydrogen (secondary N) is 1. The number of carbonyl (C=O) groups excluding carboxylic acids is 2. The van der Waals surface area contributed by atoms with Gasteiger partial charge in [-0.25, -0.2) is 4.79 Å². The molecule has 136 valence electrons. The van der Waals surface area contributed by atoms with Gasteiger partial charge in [0, 0.05) is 12.1 Å². The highest BCUT2D eigenvalue weighted by Crippen LogP contribution is 2.23. The second-order valence-corrected chi connectivity index (χ2v) is 6.22. The summed E-state index contributed by atoms with van der Waals surface area (Å²) in [5.41, 5.74) is 0. The summed E-state index contributed by atoms with van der Waals surface area (Å²) in [6.07, 6.45) is 5.67. The van der Waals surface area contributed by atoms with Crippen LogP contribution in [0.4, 0.5) is 5.88 Å². The van der Waals surface area contributed by atoms with Gasteiger partial charge in [-0.2, -0.15) is 0 Å². The van der Waals surface area contributed by atoms with Crippen LogP contribution in [-0.2, 0) is 14.3 Å². The minimum absolute atomic E-state index is 0.113. The van der Waals surface area contributed by atoms with Crippen molar-refractivity contribution in [2.75, 3.05) is 0 Å². The highest BCUT2D eigenvalue weighted by atomic mass is 16.6. The smallest absolute Gasteiger partial charge is 0.433 e. The van der Waals surface area contributed by atoms with Crippen LogP contribution in [0, 0.1) is 16.0 Å². The fourth-order valence-electron chi connectivity index (χ4n) is 2.78. The average Bonchev–Trinajstić information content (AvgIpc) is 3.04. The Morgan fingerprint density at radius 3 is 2.76 bits per heavy atom.